The summed E-state index contributed by atoms with van der Waals surface area (Å²) >= 11 is 0. The molecular formula is C21H18F3N5O6. The number of imide groups is 2. The number of aromatic nitrogens is 1. The Morgan fingerprint density at radius 2 is 1.89 bits per heavy atom. The number of nitrogens with one attached hydrogen (secondary N) is 2. The molecular weight excluding hydrogens is 475 g/mol. The van der Waals surface area contributed by atoms with Crippen LogP contribution in [0.5, 0.6) is 0 Å². The zero-order valence-corrected chi connectivity index (χ0v) is 18.2. The quantitative estimate of drug-likeness (QED) is 0.551. The van der Waals surface area contributed by atoms with Gasteiger partial charge in [0.15, 0.2) is 16.9 Å². The van der Waals surface area contributed by atoms with Gasteiger partial charge in [0.1, 0.15) is 0 Å². The van der Waals surface area contributed by atoms with E-state index in [9.17, 15) is 28.0 Å². The maximum Gasteiger partial charge on any atom is 0.328 e. The summed E-state index contributed by atoms with van der Waals surface area (Å²) in [5, 5.41) is 7.82. The number of ether oxygens (including phenoxy) is 1. The molecule has 1 aromatic carbocycles. The van der Waals surface area contributed by atoms with Gasteiger partial charge in [-0.15, -0.1) is 0 Å². The molecule has 35 heavy (non-hydrogen) atoms. The Kier molecular flexibility index (Phi) is 4.32. The topological polar surface area (TPSA) is 134 Å². The van der Waals surface area contributed by atoms with E-state index in [1.807, 2.05) is 0 Å². The number of carbonyl (C=O) groups is 4. The number of nitrogens with zero attached hydrogens (tertiary/aromatic N) is 3. The molecule has 14 heteroatoms. The number of benzene rings is 1. The van der Waals surface area contributed by atoms with E-state index >= 15 is 4.39 Å². The second-order valence-corrected chi connectivity index (χ2v) is 9.22. The summed E-state index contributed by atoms with van der Waals surface area (Å²) in [5.41, 5.74) is -2.27. The smallest absolute Gasteiger partial charge is 0.328 e. The average Bonchev–Trinajstić information content (AvgIpc) is 3.19. The predicted molar refractivity (Wildman–Crippen MR) is 109 cm³/mol. The first-order valence-electron chi connectivity index (χ1n) is 10.9. The monoisotopic (exact) mass is 493 g/mol. The zero-order chi connectivity index (χ0) is 24.9. The number of carbonyl (C=O) groups excluding carboxylic acids is 4. The minimum Gasteiger partial charge on any atom is -0.374 e. The van der Waals surface area contributed by atoms with Crippen molar-refractivity contribution in [1.29, 1.82) is 0 Å². The highest BCUT2D eigenvalue weighted by Gasteiger charge is 2.63. The van der Waals surface area contributed by atoms with Gasteiger partial charge in [0.2, 0.25) is 17.4 Å². The molecule has 6 rings (SSSR count). The summed E-state index contributed by atoms with van der Waals surface area (Å²) in [7, 11) is 0. The summed E-state index contributed by atoms with van der Waals surface area (Å²) < 4.78 is 53.2. The zero-order valence-electron chi connectivity index (χ0n) is 18.2. The second kappa shape index (κ2) is 6.93. The van der Waals surface area contributed by atoms with Gasteiger partial charge in [0.05, 0.1) is 42.9 Å². The van der Waals surface area contributed by atoms with Crippen molar-refractivity contribution >= 4 is 40.4 Å². The lowest BCUT2D eigenvalue weighted by Gasteiger charge is -2.54. The molecule has 2 aromatic rings. The molecule has 0 radical (unpaired) electrons. The van der Waals surface area contributed by atoms with Crippen molar-refractivity contribution in [2.75, 3.05) is 31.1 Å². The Balaban J connectivity index is 1.51. The third-order valence-corrected chi connectivity index (χ3v) is 7.11. The molecule has 0 bridgehead atoms. The van der Waals surface area contributed by atoms with Gasteiger partial charge in [-0.3, -0.25) is 25.0 Å². The molecule has 3 saturated heterocycles. The molecule has 184 valence electrons. The normalized spacial score (nSPS) is 26.7. The summed E-state index contributed by atoms with van der Waals surface area (Å²) in [5.74, 6) is -6.42. The Bertz CT molecular complexity index is 1310. The van der Waals surface area contributed by atoms with Gasteiger partial charge in [0, 0.05) is 13.0 Å². The number of urea groups is 1. The lowest BCUT2D eigenvalue weighted by atomic mass is 9.66. The molecule has 5 amide bonds. The Morgan fingerprint density at radius 1 is 1.20 bits per heavy atom. The van der Waals surface area contributed by atoms with Gasteiger partial charge in [-0.05, 0) is 18.6 Å². The number of anilines is 1. The van der Waals surface area contributed by atoms with Crippen LogP contribution in [-0.4, -0.2) is 78.1 Å². The van der Waals surface area contributed by atoms with E-state index in [0.717, 1.165) is 4.90 Å². The first-order valence-corrected chi connectivity index (χ1v) is 10.9. The van der Waals surface area contributed by atoms with Gasteiger partial charge in [-0.2, -0.15) is 0 Å². The number of barbiturate groups is 1. The van der Waals surface area contributed by atoms with Crippen LogP contribution in [0, 0.1) is 11.2 Å². The van der Waals surface area contributed by atoms with Gasteiger partial charge < -0.3 is 19.1 Å². The first kappa shape index (κ1) is 21.8. The predicted octanol–water partition coefficient (Wildman–Crippen LogP) is 0.560. The van der Waals surface area contributed by atoms with Crippen molar-refractivity contribution in [3.63, 3.8) is 0 Å². The minimum atomic E-state index is -3.01. The molecule has 1 spiro atoms. The van der Waals surface area contributed by atoms with E-state index in [0.29, 0.717) is 0 Å². The molecule has 0 unspecified atom stereocenters. The van der Waals surface area contributed by atoms with Crippen molar-refractivity contribution in [1.82, 2.24) is 20.7 Å². The molecule has 1 aromatic heterocycles. The van der Waals surface area contributed by atoms with E-state index < -0.39 is 66.1 Å². The maximum absolute atomic E-state index is 15.8. The lowest BCUT2D eigenvalue weighted by molar-refractivity contribution is -0.151. The molecule has 2 atom stereocenters. The highest BCUT2D eigenvalue weighted by molar-refractivity contribution is 6.20. The van der Waals surface area contributed by atoms with E-state index in [-0.39, 0.29) is 47.5 Å². The highest BCUT2D eigenvalue weighted by Crippen LogP contribution is 2.48. The number of halogens is 3. The number of morpholine rings is 1. The molecule has 0 saturated carbocycles. The maximum atomic E-state index is 15.8. The van der Waals surface area contributed by atoms with Gasteiger partial charge in [-0.1, -0.05) is 5.16 Å². The second-order valence-electron chi connectivity index (χ2n) is 9.22. The van der Waals surface area contributed by atoms with Crippen molar-refractivity contribution in [3.8, 4) is 0 Å². The Hall–Kier alpha value is -3.68. The van der Waals surface area contributed by atoms with Crippen LogP contribution in [0.4, 0.5) is 23.7 Å². The van der Waals surface area contributed by atoms with Crippen LogP contribution in [0.3, 0.4) is 0 Å². The number of alkyl halides is 2. The van der Waals surface area contributed by atoms with E-state index in [2.05, 4.69) is 15.8 Å². The lowest BCUT2D eigenvalue weighted by Crippen LogP contribution is -2.74. The summed E-state index contributed by atoms with van der Waals surface area (Å²) in [6, 6.07) is -0.534. The molecule has 0 aliphatic carbocycles. The standard InChI is InChI=1S/C21H18F3N5O6/c1-8-15-21(17(31)25-19(33)26-18(21)32)5-9-4-10-12(16(30)28-6-20(23,24)7-28)27-35-14(10)11(22)13(9)29(15)2-3-34-8/h4,8,15H,2-3,5-7H2,1H3,(H2,25,26,31,32,33)/t8-,15+/m1/s1. The molecule has 4 aliphatic heterocycles. The number of hydrogen-bond acceptors (Lipinski definition) is 8. The molecule has 11 nitrogen and oxygen atoms in total. The average molecular weight is 493 g/mol. The number of likely N-dealkylation sites (tertiary alicyclic amines) is 1. The van der Waals surface area contributed by atoms with E-state index in [1.54, 1.807) is 6.92 Å². The van der Waals surface area contributed by atoms with Crippen LogP contribution in [0.25, 0.3) is 11.0 Å². The van der Waals surface area contributed by atoms with Crippen molar-refractivity contribution in [2.24, 2.45) is 5.41 Å². The van der Waals surface area contributed by atoms with Gasteiger partial charge in [-0.25, -0.2) is 18.0 Å². The van der Waals surface area contributed by atoms with Gasteiger partial charge in [0.25, 0.3) is 11.8 Å². The van der Waals surface area contributed by atoms with Crippen molar-refractivity contribution in [3.05, 3.63) is 23.1 Å². The minimum absolute atomic E-state index is 0.0615. The fourth-order valence-corrected chi connectivity index (χ4v) is 5.62. The fourth-order valence-electron chi connectivity index (χ4n) is 5.62. The Morgan fingerprint density at radius 3 is 2.54 bits per heavy atom. The molecule has 2 N–H and O–H groups in total. The number of amides is 5. The van der Waals surface area contributed by atoms with Crippen LogP contribution < -0.4 is 15.5 Å². The van der Waals surface area contributed by atoms with Crippen LogP contribution in [-0.2, 0) is 20.7 Å². The molecule has 5 heterocycles. The third kappa shape index (κ3) is 2.85. The number of hydrogen-bond donors (Lipinski definition) is 2. The number of fused-ring (bicyclic) bond motifs is 5. The van der Waals surface area contributed by atoms with Gasteiger partial charge >= 0.3 is 6.03 Å². The fraction of sp³-hybridized carbons (Fsp3) is 0.476. The summed E-state index contributed by atoms with van der Waals surface area (Å²) in [6.07, 6.45) is -0.994. The van der Waals surface area contributed by atoms with Crippen LogP contribution >= 0.6 is 0 Å². The molecule has 3 fully saturated rings. The summed E-state index contributed by atoms with van der Waals surface area (Å²) in [4.78, 5) is 53.2. The van der Waals surface area contributed by atoms with E-state index in [4.69, 9.17) is 9.26 Å². The van der Waals surface area contributed by atoms with Crippen molar-refractivity contribution < 1.29 is 41.6 Å². The molecule has 4 aliphatic rings. The van der Waals surface area contributed by atoms with Crippen molar-refractivity contribution in [2.45, 2.75) is 31.4 Å². The van der Waals surface area contributed by atoms with E-state index in [1.165, 1.54) is 11.0 Å². The van der Waals surface area contributed by atoms with Crippen LogP contribution in [0.1, 0.15) is 23.0 Å². The third-order valence-electron chi connectivity index (χ3n) is 7.11. The highest BCUT2D eigenvalue weighted by atomic mass is 19.3. The van der Waals surface area contributed by atoms with Crippen LogP contribution in [0.2, 0.25) is 0 Å². The van der Waals surface area contributed by atoms with Crippen LogP contribution in [0.15, 0.2) is 10.6 Å². The first-order chi connectivity index (χ1) is 16.5. The summed E-state index contributed by atoms with van der Waals surface area (Å²) in [6.45, 7) is 0.363. The SMILES string of the molecule is C[C@H]1OCCN2c3c(cc4c(C(=O)N5CC(F)(F)C5)noc4c3F)CC3(C(=O)NC(=O)NC3=O)[C@H]12. The Labute approximate surface area is 194 Å². The number of rotatable bonds is 1. The largest absolute Gasteiger partial charge is 0.374 e.